The molecule has 2 N–H and O–H groups in total. The molecular formula is C10H12F3N3O5S. The molecule has 1 aromatic heterocycles. The Balaban J connectivity index is 2.22. The van der Waals surface area contributed by atoms with E-state index in [1.807, 2.05) is 0 Å². The second-order valence-electron chi connectivity index (χ2n) is 4.89. The van der Waals surface area contributed by atoms with Crippen molar-refractivity contribution in [2.75, 3.05) is 13.1 Å². The van der Waals surface area contributed by atoms with Gasteiger partial charge in [-0.25, -0.2) is 8.42 Å². The van der Waals surface area contributed by atoms with Crippen LogP contribution in [0.1, 0.15) is 6.42 Å². The van der Waals surface area contributed by atoms with Crippen LogP contribution in [0.5, 0.6) is 0 Å². The number of carboxylic acid groups (broad SMARTS) is 1. The number of carboxylic acids is 1. The van der Waals surface area contributed by atoms with Crippen molar-refractivity contribution in [3.8, 4) is 0 Å². The highest BCUT2D eigenvalue weighted by atomic mass is 32.2. The minimum atomic E-state index is -4.94. The van der Waals surface area contributed by atoms with Gasteiger partial charge >= 0.3 is 12.1 Å². The summed E-state index contributed by atoms with van der Waals surface area (Å²) < 4.78 is 63.8. The van der Waals surface area contributed by atoms with E-state index in [-0.39, 0.29) is 0 Å². The summed E-state index contributed by atoms with van der Waals surface area (Å²) >= 11 is 0. The number of alkyl halides is 3. The van der Waals surface area contributed by atoms with Crippen molar-refractivity contribution in [1.29, 1.82) is 0 Å². The van der Waals surface area contributed by atoms with Gasteiger partial charge < -0.3 is 10.2 Å². The van der Waals surface area contributed by atoms with E-state index >= 15 is 0 Å². The molecule has 2 heterocycles. The maximum atomic E-state index is 12.7. The van der Waals surface area contributed by atoms with Crippen LogP contribution in [0.15, 0.2) is 17.3 Å². The fourth-order valence-corrected chi connectivity index (χ4v) is 3.50. The van der Waals surface area contributed by atoms with Crippen LogP contribution in [0.4, 0.5) is 13.2 Å². The zero-order valence-corrected chi connectivity index (χ0v) is 11.8. The van der Waals surface area contributed by atoms with Crippen molar-refractivity contribution < 1.29 is 36.6 Å². The van der Waals surface area contributed by atoms with Crippen molar-refractivity contribution in [2.45, 2.75) is 29.6 Å². The second-order valence-corrected chi connectivity index (χ2v) is 6.82. The number of hydrogen-bond donors (Lipinski definition) is 2. The molecule has 8 nitrogen and oxygen atoms in total. The smallest absolute Gasteiger partial charge is 0.418 e. The normalized spacial score (nSPS) is 23.8. The van der Waals surface area contributed by atoms with E-state index in [9.17, 15) is 31.5 Å². The molecule has 22 heavy (non-hydrogen) atoms. The molecule has 0 amide bonds. The molecule has 12 heteroatoms. The monoisotopic (exact) mass is 343 g/mol. The van der Waals surface area contributed by atoms with Gasteiger partial charge in [-0.1, -0.05) is 0 Å². The number of sulfonamides is 1. The summed E-state index contributed by atoms with van der Waals surface area (Å²) in [5.41, 5.74) is -3.09. The third-order valence-electron chi connectivity index (χ3n) is 3.28. The summed E-state index contributed by atoms with van der Waals surface area (Å²) in [4.78, 5) is 10.1. The van der Waals surface area contributed by atoms with Crippen LogP contribution in [-0.2, 0) is 21.4 Å². The van der Waals surface area contributed by atoms with Gasteiger partial charge in [0.1, 0.15) is 11.4 Å². The van der Waals surface area contributed by atoms with E-state index < -0.39 is 58.7 Å². The molecule has 0 bridgehead atoms. The van der Waals surface area contributed by atoms with E-state index in [1.54, 1.807) is 0 Å². The number of rotatable bonds is 4. The van der Waals surface area contributed by atoms with E-state index in [1.165, 1.54) is 0 Å². The summed E-state index contributed by atoms with van der Waals surface area (Å²) in [5, 5.41) is 21.6. The zero-order chi connectivity index (χ0) is 16.8. The number of hydrogen-bond acceptors (Lipinski definition) is 5. The van der Waals surface area contributed by atoms with E-state index in [2.05, 4.69) is 5.10 Å². The second kappa shape index (κ2) is 5.21. The highest BCUT2D eigenvalue weighted by molar-refractivity contribution is 7.89. The van der Waals surface area contributed by atoms with Crippen molar-refractivity contribution in [3.05, 3.63) is 12.4 Å². The fourth-order valence-electron chi connectivity index (χ4n) is 2.05. The molecule has 0 saturated carbocycles. The van der Waals surface area contributed by atoms with Gasteiger partial charge in [0.2, 0.25) is 10.0 Å². The van der Waals surface area contributed by atoms with Gasteiger partial charge in [-0.05, 0) is 0 Å². The summed E-state index contributed by atoms with van der Waals surface area (Å²) in [6.07, 6.45) is -3.94. The SMILES string of the molecule is O=C(O)Cn1cc(S(=O)(=O)N2CCC(O)(C(F)(F)F)C2)cn1. The van der Waals surface area contributed by atoms with E-state index in [0.717, 1.165) is 17.1 Å². The lowest BCUT2D eigenvalue weighted by atomic mass is 10.0. The van der Waals surface area contributed by atoms with Crippen LogP contribution < -0.4 is 0 Å². The van der Waals surface area contributed by atoms with Crippen molar-refractivity contribution in [1.82, 2.24) is 14.1 Å². The van der Waals surface area contributed by atoms with Crippen LogP contribution >= 0.6 is 0 Å². The standard InChI is InChI=1S/C10H12F3N3O5S/c11-10(12,13)9(19)1-2-16(6-9)22(20,21)7-3-14-15(4-7)5-8(17)18/h3-4,19H,1-2,5-6H2,(H,17,18). The average molecular weight is 343 g/mol. The molecule has 1 aliphatic rings. The van der Waals surface area contributed by atoms with Gasteiger partial charge in [-0.15, -0.1) is 0 Å². The number of nitrogens with zero attached hydrogens (tertiary/aromatic N) is 3. The molecule has 1 atom stereocenters. The number of aliphatic carboxylic acids is 1. The maximum absolute atomic E-state index is 12.7. The van der Waals surface area contributed by atoms with Crippen LogP contribution in [0.25, 0.3) is 0 Å². The lowest BCUT2D eigenvalue weighted by Gasteiger charge is -2.25. The number of halogens is 3. The number of aliphatic hydroxyl groups is 1. The Kier molecular flexibility index (Phi) is 3.96. The van der Waals surface area contributed by atoms with Gasteiger partial charge in [0, 0.05) is 19.2 Å². The first-order chi connectivity index (χ1) is 9.96. The van der Waals surface area contributed by atoms with Crippen LogP contribution in [0.3, 0.4) is 0 Å². The number of carbonyl (C=O) groups is 1. The maximum Gasteiger partial charge on any atom is 0.418 e. The third-order valence-corrected chi connectivity index (χ3v) is 5.08. The molecule has 2 rings (SSSR count). The predicted molar refractivity (Wildman–Crippen MR) is 64.2 cm³/mol. The fraction of sp³-hybridized carbons (Fsp3) is 0.600. The Labute approximate surface area is 122 Å². The number of β-amino-alcohol motifs (C(OH)–C–C–N with tert-alkyl or cyclic N) is 1. The van der Waals surface area contributed by atoms with E-state index in [0.29, 0.717) is 4.31 Å². The highest BCUT2D eigenvalue weighted by Gasteiger charge is 2.58. The first-order valence-corrected chi connectivity index (χ1v) is 7.43. The van der Waals surface area contributed by atoms with Gasteiger partial charge in [-0.3, -0.25) is 9.48 Å². The highest BCUT2D eigenvalue weighted by Crippen LogP contribution is 2.39. The van der Waals surface area contributed by atoms with Gasteiger partial charge in [-0.2, -0.15) is 22.6 Å². The molecule has 124 valence electrons. The molecule has 1 unspecified atom stereocenters. The largest absolute Gasteiger partial charge is 0.480 e. The first-order valence-electron chi connectivity index (χ1n) is 5.99. The Morgan fingerprint density at radius 3 is 2.59 bits per heavy atom. The molecule has 1 aromatic rings. The minimum absolute atomic E-state index is 0.430. The summed E-state index contributed by atoms with van der Waals surface area (Å²) in [6.45, 7) is -2.19. The molecule has 0 radical (unpaired) electrons. The zero-order valence-electron chi connectivity index (χ0n) is 11.0. The topological polar surface area (TPSA) is 113 Å². The van der Waals surface area contributed by atoms with Crippen LogP contribution in [0.2, 0.25) is 0 Å². The van der Waals surface area contributed by atoms with Crippen LogP contribution in [0, 0.1) is 0 Å². The Hall–Kier alpha value is -1.66. The van der Waals surface area contributed by atoms with Crippen LogP contribution in [-0.4, -0.2) is 63.6 Å². The quantitative estimate of drug-likeness (QED) is 0.773. The molecule has 1 saturated heterocycles. The molecular weight excluding hydrogens is 331 g/mol. The Morgan fingerprint density at radius 1 is 1.45 bits per heavy atom. The summed E-state index contributed by atoms with van der Waals surface area (Å²) in [5.74, 6) is -1.25. The Morgan fingerprint density at radius 2 is 2.09 bits per heavy atom. The summed E-state index contributed by atoms with van der Waals surface area (Å²) in [7, 11) is -4.29. The number of aromatic nitrogens is 2. The molecule has 0 spiro atoms. The molecule has 0 aromatic carbocycles. The molecule has 1 fully saturated rings. The average Bonchev–Trinajstić information content (AvgIpc) is 2.95. The lowest BCUT2D eigenvalue weighted by molar-refractivity contribution is -0.252. The van der Waals surface area contributed by atoms with Crippen molar-refractivity contribution >= 4 is 16.0 Å². The first kappa shape index (κ1) is 16.7. The predicted octanol–water partition coefficient (Wildman–Crippen LogP) is -0.344. The van der Waals surface area contributed by atoms with Gasteiger partial charge in [0.05, 0.1) is 12.7 Å². The summed E-state index contributed by atoms with van der Waals surface area (Å²) in [6, 6.07) is 0. The third kappa shape index (κ3) is 2.94. The van der Waals surface area contributed by atoms with E-state index in [4.69, 9.17) is 5.11 Å². The molecule has 1 aliphatic heterocycles. The molecule has 0 aliphatic carbocycles. The van der Waals surface area contributed by atoms with Crippen molar-refractivity contribution in [3.63, 3.8) is 0 Å². The van der Waals surface area contributed by atoms with Crippen molar-refractivity contribution in [2.24, 2.45) is 0 Å². The van der Waals surface area contributed by atoms with Gasteiger partial charge in [0.25, 0.3) is 0 Å². The van der Waals surface area contributed by atoms with Gasteiger partial charge in [0.15, 0.2) is 5.60 Å². The Bertz CT molecular complexity index is 686. The minimum Gasteiger partial charge on any atom is -0.480 e. The lowest BCUT2D eigenvalue weighted by Crippen LogP contribution is -2.47.